The maximum Gasteiger partial charge on any atom is 0.235 e. The van der Waals surface area contributed by atoms with Gasteiger partial charge in [0.2, 0.25) is 12.2 Å². The van der Waals surface area contributed by atoms with Crippen LogP contribution in [0, 0.1) is 0 Å². The van der Waals surface area contributed by atoms with Gasteiger partial charge in [-0.1, -0.05) is 36.4 Å². The van der Waals surface area contributed by atoms with Crippen molar-refractivity contribution < 1.29 is 9.59 Å². The highest BCUT2D eigenvalue weighted by Crippen LogP contribution is 2.46. The smallest absolute Gasteiger partial charge is 0.235 e. The van der Waals surface area contributed by atoms with Crippen LogP contribution in [0.2, 0.25) is 0 Å². The van der Waals surface area contributed by atoms with Crippen LogP contribution in [0.15, 0.2) is 56.6 Å². The minimum Gasteiger partial charge on any atom is -0.330 e. The molecule has 7 heteroatoms. The Hall–Kier alpha value is -3.50. The van der Waals surface area contributed by atoms with E-state index in [0.717, 1.165) is 29.7 Å². The Morgan fingerprint density at radius 2 is 1.52 bits per heavy atom. The van der Waals surface area contributed by atoms with Crippen molar-refractivity contribution in [1.29, 1.82) is 0 Å². The quantitative estimate of drug-likeness (QED) is 0.517. The molecule has 0 aromatic heterocycles. The number of benzene rings is 2. The van der Waals surface area contributed by atoms with E-state index in [-0.39, 0.29) is 12.1 Å². The number of hydrogen-bond donors (Lipinski definition) is 1. The van der Waals surface area contributed by atoms with Crippen LogP contribution in [0.1, 0.15) is 72.2 Å². The Morgan fingerprint density at radius 3 is 1.94 bits per heavy atom. The second-order valence-electron chi connectivity index (χ2n) is 8.62. The fourth-order valence-corrected chi connectivity index (χ4v) is 5.19. The molecular formula is C26H27N5O2. The summed E-state index contributed by atoms with van der Waals surface area (Å²) in [7, 11) is 0. The molecule has 2 unspecified atom stereocenters. The highest BCUT2D eigenvalue weighted by atomic mass is 16.1. The van der Waals surface area contributed by atoms with Gasteiger partial charge in [0, 0.05) is 12.6 Å². The van der Waals surface area contributed by atoms with Crippen LogP contribution >= 0.6 is 0 Å². The molecule has 2 aromatic rings. The topological polar surface area (TPSA) is 110 Å². The average molecular weight is 442 g/mol. The molecule has 0 saturated carbocycles. The van der Waals surface area contributed by atoms with Gasteiger partial charge in [-0.3, -0.25) is 0 Å². The number of nitrogens with zero attached hydrogens (tertiary/aromatic N) is 4. The van der Waals surface area contributed by atoms with E-state index in [9.17, 15) is 9.59 Å². The minimum absolute atomic E-state index is 0.261. The van der Waals surface area contributed by atoms with Crippen LogP contribution < -0.4 is 5.73 Å². The fourth-order valence-electron chi connectivity index (χ4n) is 5.19. The van der Waals surface area contributed by atoms with E-state index in [1.165, 1.54) is 22.3 Å². The molecule has 0 fully saturated rings. The van der Waals surface area contributed by atoms with Crippen molar-refractivity contribution in [2.24, 2.45) is 25.9 Å². The molecule has 1 aliphatic carbocycles. The maximum atomic E-state index is 10.8. The third-order valence-electron chi connectivity index (χ3n) is 6.86. The summed E-state index contributed by atoms with van der Waals surface area (Å²) in [6, 6.07) is 12.1. The largest absolute Gasteiger partial charge is 0.330 e. The van der Waals surface area contributed by atoms with Crippen molar-refractivity contribution in [2.45, 2.75) is 57.0 Å². The van der Waals surface area contributed by atoms with Gasteiger partial charge in [-0.25, -0.2) is 9.59 Å². The summed E-state index contributed by atoms with van der Waals surface area (Å²) < 4.78 is 0. The van der Waals surface area contributed by atoms with Gasteiger partial charge < -0.3 is 5.73 Å². The van der Waals surface area contributed by atoms with E-state index in [1.54, 1.807) is 12.2 Å². The second kappa shape index (κ2) is 9.55. The number of rotatable bonds is 7. The highest BCUT2D eigenvalue weighted by molar-refractivity contribution is 6.07. The van der Waals surface area contributed by atoms with E-state index in [4.69, 9.17) is 5.73 Å². The molecule has 2 atom stereocenters. The first kappa shape index (κ1) is 22.7. The Bertz CT molecular complexity index is 1140. The molecule has 0 amide bonds. The highest BCUT2D eigenvalue weighted by Gasteiger charge is 2.43. The molecule has 0 bridgehead atoms. The average Bonchev–Trinajstić information content (AvgIpc) is 3.33. The molecule has 1 heterocycles. The van der Waals surface area contributed by atoms with Crippen molar-refractivity contribution in [3.05, 3.63) is 69.8 Å². The molecule has 0 spiro atoms. The number of carbonyl (C=O) groups excluding carboxylic acids is 2. The summed E-state index contributed by atoms with van der Waals surface area (Å²) in [5.41, 5.74) is 13.4. The second-order valence-corrected chi connectivity index (χ2v) is 8.62. The van der Waals surface area contributed by atoms with Gasteiger partial charge in [-0.2, -0.15) is 20.2 Å². The van der Waals surface area contributed by atoms with Crippen LogP contribution in [0.5, 0.6) is 0 Å². The summed E-state index contributed by atoms with van der Waals surface area (Å²) >= 11 is 0. The lowest BCUT2D eigenvalue weighted by molar-refractivity contribution is 0.558. The van der Waals surface area contributed by atoms with E-state index in [1.807, 2.05) is 32.2 Å². The van der Waals surface area contributed by atoms with E-state index in [2.05, 4.69) is 44.5 Å². The maximum absolute atomic E-state index is 10.8. The first-order valence-electron chi connectivity index (χ1n) is 11.2. The summed E-state index contributed by atoms with van der Waals surface area (Å²) in [5, 5.41) is 8.74. The molecule has 2 N–H and O–H groups in total. The Kier molecular flexibility index (Phi) is 6.57. The number of fused-ring (bicyclic) bond motifs is 2. The predicted molar refractivity (Wildman–Crippen MR) is 128 cm³/mol. The van der Waals surface area contributed by atoms with Gasteiger partial charge >= 0.3 is 0 Å². The van der Waals surface area contributed by atoms with Crippen molar-refractivity contribution in [2.75, 3.05) is 6.54 Å². The fraction of sp³-hybridized carbons (Fsp3) is 0.385. The van der Waals surface area contributed by atoms with Gasteiger partial charge in [0.15, 0.2) is 0 Å². The standard InChI is InChI=1S/C26H27N5O2/c1-17(28-15-32)19-5-7-23-21(13-19)3-4-22-14-20(18(2)29-16-33)6-8-24(22)26(23,10-11-27)25-9-12-30-31-25/h5-8,12-14,17-18H,3-4,9-11,27H2,1-2H3. The van der Waals surface area contributed by atoms with E-state index >= 15 is 0 Å². The van der Waals surface area contributed by atoms with Gasteiger partial charge in [-0.15, -0.1) is 0 Å². The molecule has 7 nitrogen and oxygen atoms in total. The van der Waals surface area contributed by atoms with Gasteiger partial charge in [0.05, 0.1) is 23.2 Å². The molecule has 168 valence electrons. The van der Waals surface area contributed by atoms with Gasteiger partial charge in [0.1, 0.15) is 0 Å². The summed E-state index contributed by atoms with van der Waals surface area (Å²) in [6.45, 7) is 4.27. The monoisotopic (exact) mass is 441 g/mol. The Balaban J connectivity index is 1.95. The lowest BCUT2D eigenvalue weighted by Crippen LogP contribution is -2.40. The lowest BCUT2D eigenvalue weighted by Gasteiger charge is -2.37. The van der Waals surface area contributed by atoms with Crippen LogP contribution in [-0.4, -0.2) is 30.6 Å². The van der Waals surface area contributed by atoms with Crippen molar-refractivity contribution in [3.8, 4) is 0 Å². The van der Waals surface area contributed by atoms with Gasteiger partial charge in [0.25, 0.3) is 0 Å². The van der Waals surface area contributed by atoms with Crippen LogP contribution in [0.3, 0.4) is 0 Å². The normalized spacial score (nSPS) is 20.4. The number of hydrogen-bond acceptors (Lipinski definition) is 7. The van der Waals surface area contributed by atoms with Crippen LogP contribution in [0.4, 0.5) is 0 Å². The number of aliphatic imine (C=N–C) groups is 2. The zero-order valence-electron chi connectivity index (χ0n) is 18.9. The summed E-state index contributed by atoms with van der Waals surface area (Å²) in [5.74, 6) is 0. The lowest BCUT2D eigenvalue weighted by atomic mass is 9.66. The third kappa shape index (κ3) is 4.03. The predicted octanol–water partition coefficient (Wildman–Crippen LogP) is 4.04. The number of nitrogens with two attached hydrogens (primary N) is 1. The zero-order valence-corrected chi connectivity index (χ0v) is 18.9. The van der Waals surface area contributed by atoms with Crippen LogP contribution in [0.25, 0.3) is 0 Å². The SMILES string of the molecule is CC(N=C=O)c1ccc2c(c1)CCc1cc(C(C)N=C=O)ccc1C2(CCN)C1=NN=CC1. The van der Waals surface area contributed by atoms with Crippen LogP contribution in [-0.2, 0) is 27.8 Å². The summed E-state index contributed by atoms with van der Waals surface area (Å²) in [4.78, 5) is 29.4. The first-order chi connectivity index (χ1) is 16.0. The molecule has 0 radical (unpaired) electrons. The molecule has 2 aromatic carbocycles. The minimum atomic E-state index is -0.502. The molecular weight excluding hydrogens is 414 g/mol. The molecule has 4 rings (SSSR count). The number of isocyanates is 2. The van der Waals surface area contributed by atoms with Crippen molar-refractivity contribution in [3.63, 3.8) is 0 Å². The first-order valence-corrected chi connectivity index (χ1v) is 11.2. The number of aryl methyl sites for hydroxylation is 2. The van der Waals surface area contributed by atoms with Gasteiger partial charge in [-0.05, 0) is 73.0 Å². The van der Waals surface area contributed by atoms with Crippen molar-refractivity contribution >= 4 is 24.1 Å². The van der Waals surface area contributed by atoms with E-state index < -0.39 is 5.41 Å². The Morgan fingerprint density at radius 1 is 0.970 bits per heavy atom. The molecule has 33 heavy (non-hydrogen) atoms. The molecule has 2 aliphatic rings. The van der Waals surface area contributed by atoms with Crippen molar-refractivity contribution in [1.82, 2.24) is 0 Å². The third-order valence-corrected chi connectivity index (χ3v) is 6.86. The zero-order chi connectivity index (χ0) is 23.4. The molecule has 0 saturated heterocycles. The summed E-state index contributed by atoms with van der Waals surface area (Å²) in [6.07, 6.45) is 8.17. The Labute approximate surface area is 193 Å². The van der Waals surface area contributed by atoms with E-state index in [0.29, 0.717) is 19.4 Å². The molecule has 1 aliphatic heterocycles.